The minimum atomic E-state index is -0.433. The first kappa shape index (κ1) is 16.2. The minimum absolute atomic E-state index is 0.357. The number of hydrogen-bond acceptors (Lipinski definition) is 3. The maximum Gasteiger partial charge on any atom is 0.102 e. The fourth-order valence-electron chi connectivity index (χ4n) is 2.19. The maximum absolute atomic E-state index is 9.42. The van der Waals surface area contributed by atoms with Crippen molar-refractivity contribution in [1.29, 1.82) is 0 Å². The first-order chi connectivity index (χ1) is 9.22. The number of aliphatic hydroxyl groups is 1. The smallest absolute Gasteiger partial charge is 0.102 e. The van der Waals surface area contributed by atoms with Gasteiger partial charge < -0.3 is 10.4 Å². The van der Waals surface area contributed by atoms with E-state index in [1.165, 1.54) is 18.4 Å². The molecular formula is C16H28N2O. The van der Waals surface area contributed by atoms with Crippen molar-refractivity contribution in [1.82, 2.24) is 10.6 Å². The molecule has 0 aliphatic carbocycles. The second kappa shape index (κ2) is 9.96. The van der Waals surface area contributed by atoms with Crippen LogP contribution in [0.4, 0.5) is 0 Å². The van der Waals surface area contributed by atoms with Gasteiger partial charge in [0.15, 0.2) is 0 Å². The number of nitrogens with one attached hydrogen (secondary N) is 2. The van der Waals surface area contributed by atoms with Gasteiger partial charge in [0.05, 0.1) is 0 Å². The van der Waals surface area contributed by atoms with Crippen molar-refractivity contribution in [3.05, 3.63) is 35.9 Å². The van der Waals surface area contributed by atoms with E-state index in [2.05, 4.69) is 41.8 Å². The number of unbranched alkanes of at least 4 members (excludes halogenated alkanes) is 1. The summed E-state index contributed by atoms with van der Waals surface area (Å²) in [5.74, 6) is 0. The molecule has 0 aliphatic heterocycles. The number of hydrogen-bond donors (Lipinski definition) is 3. The first-order valence-electron chi connectivity index (χ1n) is 7.41. The SMILES string of the molecule is CCCCC(CNCCc1ccccc1)NC(C)O. The summed E-state index contributed by atoms with van der Waals surface area (Å²) in [5, 5.41) is 16.1. The molecule has 1 aromatic carbocycles. The Hall–Kier alpha value is -0.900. The number of rotatable bonds is 10. The third kappa shape index (κ3) is 7.98. The summed E-state index contributed by atoms with van der Waals surface area (Å²) in [5.41, 5.74) is 1.36. The van der Waals surface area contributed by atoms with Gasteiger partial charge in [0.25, 0.3) is 0 Å². The second-order valence-electron chi connectivity index (χ2n) is 5.12. The second-order valence-corrected chi connectivity index (χ2v) is 5.12. The maximum atomic E-state index is 9.42. The molecular weight excluding hydrogens is 236 g/mol. The molecule has 19 heavy (non-hydrogen) atoms. The van der Waals surface area contributed by atoms with Crippen molar-refractivity contribution in [3.63, 3.8) is 0 Å². The third-order valence-electron chi connectivity index (χ3n) is 3.21. The summed E-state index contributed by atoms with van der Waals surface area (Å²) in [7, 11) is 0. The molecule has 0 saturated heterocycles. The van der Waals surface area contributed by atoms with Crippen LogP contribution in [0.15, 0.2) is 30.3 Å². The summed E-state index contributed by atoms with van der Waals surface area (Å²) in [6.45, 7) is 5.87. The Kier molecular flexibility index (Phi) is 8.47. The summed E-state index contributed by atoms with van der Waals surface area (Å²) in [4.78, 5) is 0. The van der Waals surface area contributed by atoms with Crippen molar-refractivity contribution in [3.8, 4) is 0 Å². The molecule has 0 saturated carbocycles. The average Bonchev–Trinajstić information content (AvgIpc) is 2.41. The lowest BCUT2D eigenvalue weighted by Crippen LogP contribution is -2.43. The minimum Gasteiger partial charge on any atom is -0.379 e. The Morgan fingerprint density at radius 2 is 1.95 bits per heavy atom. The van der Waals surface area contributed by atoms with Gasteiger partial charge >= 0.3 is 0 Å². The fourth-order valence-corrected chi connectivity index (χ4v) is 2.19. The molecule has 1 rings (SSSR count). The van der Waals surface area contributed by atoms with Crippen molar-refractivity contribution >= 4 is 0 Å². The molecule has 0 heterocycles. The van der Waals surface area contributed by atoms with Crippen LogP contribution < -0.4 is 10.6 Å². The van der Waals surface area contributed by atoms with Gasteiger partial charge in [0, 0.05) is 12.6 Å². The summed E-state index contributed by atoms with van der Waals surface area (Å²) in [6.07, 6.45) is 4.13. The lowest BCUT2D eigenvalue weighted by Gasteiger charge is -2.21. The van der Waals surface area contributed by atoms with Crippen LogP contribution in [0.2, 0.25) is 0 Å². The largest absolute Gasteiger partial charge is 0.379 e. The molecule has 2 unspecified atom stereocenters. The Morgan fingerprint density at radius 1 is 1.21 bits per heavy atom. The predicted molar refractivity (Wildman–Crippen MR) is 81.1 cm³/mol. The summed E-state index contributed by atoms with van der Waals surface area (Å²) in [6, 6.07) is 10.9. The Bertz CT molecular complexity index is 314. The van der Waals surface area contributed by atoms with Crippen LogP contribution in [0.1, 0.15) is 38.7 Å². The van der Waals surface area contributed by atoms with Gasteiger partial charge in [0.2, 0.25) is 0 Å². The molecule has 0 spiro atoms. The molecule has 0 radical (unpaired) electrons. The molecule has 0 fully saturated rings. The molecule has 0 amide bonds. The van der Waals surface area contributed by atoms with Crippen LogP contribution in [0, 0.1) is 0 Å². The zero-order chi connectivity index (χ0) is 13.9. The van der Waals surface area contributed by atoms with Crippen LogP contribution in [-0.2, 0) is 6.42 Å². The van der Waals surface area contributed by atoms with Gasteiger partial charge in [-0.25, -0.2) is 0 Å². The molecule has 3 heteroatoms. The van der Waals surface area contributed by atoms with Gasteiger partial charge in [-0.3, -0.25) is 5.32 Å². The molecule has 3 N–H and O–H groups in total. The van der Waals surface area contributed by atoms with E-state index in [9.17, 15) is 5.11 Å². The summed E-state index contributed by atoms with van der Waals surface area (Å²) >= 11 is 0. The highest BCUT2D eigenvalue weighted by Gasteiger charge is 2.09. The van der Waals surface area contributed by atoms with Gasteiger partial charge in [-0.2, -0.15) is 0 Å². The van der Waals surface area contributed by atoms with Crippen molar-refractivity contribution in [2.45, 2.75) is 51.8 Å². The number of aliphatic hydroxyl groups excluding tert-OH is 1. The van der Waals surface area contributed by atoms with Crippen LogP contribution in [0.25, 0.3) is 0 Å². The zero-order valence-electron chi connectivity index (χ0n) is 12.2. The fraction of sp³-hybridized carbons (Fsp3) is 0.625. The lowest BCUT2D eigenvalue weighted by molar-refractivity contribution is 0.137. The quantitative estimate of drug-likeness (QED) is 0.449. The first-order valence-corrected chi connectivity index (χ1v) is 7.41. The standard InChI is InChI=1S/C16H28N2O/c1-3-4-10-16(18-14(2)19)13-17-12-11-15-8-6-5-7-9-15/h5-9,14,16-19H,3-4,10-13H2,1-2H3. The van der Waals surface area contributed by atoms with Crippen LogP contribution in [0.5, 0.6) is 0 Å². The van der Waals surface area contributed by atoms with E-state index in [4.69, 9.17) is 0 Å². The topological polar surface area (TPSA) is 44.3 Å². The molecule has 2 atom stereocenters. The van der Waals surface area contributed by atoms with Gasteiger partial charge in [-0.05, 0) is 31.9 Å². The van der Waals surface area contributed by atoms with E-state index >= 15 is 0 Å². The van der Waals surface area contributed by atoms with Crippen molar-refractivity contribution in [2.24, 2.45) is 0 Å². The molecule has 0 aromatic heterocycles. The van der Waals surface area contributed by atoms with Crippen molar-refractivity contribution in [2.75, 3.05) is 13.1 Å². The van der Waals surface area contributed by atoms with Crippen molar-refractivity contribution < 1.29 is 5.11 Å². The Labute approximate surface area is 117 Å². The van der Waals surface area contributed by atoms with E-state index in [1.54, 1.807) is 6.92 Å². The van der Waals surface area contributed by atoms with E-state index in [1.807, 2.05) is 6.07 Å². The van der Waals surface area contributed by atoms with Gasteiger partial charge in [-0.1, -0.05) is 50.1 Å². The molecule has 0 bridgehead atoms. The van der Waals surface area contributed by atoms with E-state index in [-0.39, 0.29) is 0 Å². The normalized spacial score (nSPS) is 14.3. The highest BCUT2D eigenvalue weighted by Crippen LogP contribution is 2.01. The third-order valence-corrected chi connectivity index (χ3v) is 3.21. The highest BCUT2D eigenvalue weighted by atomic mass is 16.3. The van der Waals surface area contributed by atoms with Crippen LogP contribution >= 0.6 is 0 Å². The lowest BCUT2D eigenvalue weighted by atomic mass is 10.1. The van der Waals surface area contributed by atoms with Crippen LogP contribution in [-0.4, -0.2) is 30.5 Å². The average molecular weight is 264 g/mol. The van der Waals surface area contributed by atoms with Crippen LogP contribution in [0.3, 0.4) is 0 Å². The monoisotopic (exact) mass is 264 g/mol. The van der Waals surface area contributed by atoms with Gasteiger partial charge in [0.1, 0.15) is 6.23 Å². The predicted octanol–water partition coefficient (Wildman–Crippen LogP) is 2.31. The highest BCUT2D eigenvalue weighted by molar-refractivity contribution is 5.14. The number of benzene rings is 1. The molecule has 3 nitrogen and oxygen atoms in total. The summed E-state index contributed by atoms with van der Waals surface area (Å²) < 4.78 is 0. The molecule has 0 aliphatic rings. The van der Waals surface area contributed by atoms with E-state index in [0.717, 1.165) is 25.9 Å². The van der Waals surface area contributed by atoms with E-state index < -0.39 is 6.23 Å². The Balaban J connectivity index is 2.19. The zero-order valence-corrected chi connectivity index (χ0v) is 12.2. The Morgan fingerprint density at radius 3 is 2.58 bits per heavy atom. The van der Waals surface area contributed by atoms with E-state index in [0.29, 0.717) is 6.04 Å². The van der Waals surface area contributed by atoms with Gasteiger partial charge in [-0.15, -0.1) is 0 Å². The molecule has 1 aromatic rings. The molecule has 108 valence electrons.